The van der Waals surface area contributed by atoms with Crippen molar-refractivity contribution < 1.29 is 9.53 Å². The fraction of sp³-hybridized carbons (Fsp3) is 0.500. The Morgan fingerprint density at radius 1 is 1.39 bits per heavy atom. The second-order valence-corrected chi connectivity index (χ2v) is 5.77. The van der Waals surface area contributed by atoms with Crippen molar-refractivity contribution in [2.75, 3.05) is 0 Å². The van der Waals surface area contributed by atoms with Gasteiger partial charge in [0.15, 0.2) is 0 Å². The average molecular weight is 248 g/mol. The predicted molar refractivity (Wildman–Crippen MR) is 70.2 cm³/mol. The molecule has 0 heterocycles. The highest BCUT2D eigenvalue weighted by molar-refractivity contribution is 5.68. The van der Waals surface area contributed by atoms with E-state index in [1.54, 1.807) is 0 Å². The van der Waals surface area contributed by atoms with E-state index < -0.39 is 6.09 Å². The van der Waals surface area contributed by atoms with Crippen LogP contribution in [-0.4, -0.2) is 17.7 Å². The third-order valence-electron chi connectivity index (χ3n) is 2.92. The Morgan fingerprint density at radius 3 is 2.72 bits per heavy atom. The predicted octanol–water partition coefficient (Wildman–Crippen LogP) is 2.14. The largest absolute Gasteiger partial charge is 0.440 e. The van der Waals surface area contributed by atoms with Crippen LogP contribution in [0.5, 0.6) is 0 Å². The van der Waals surface area contributed by atoms with Crippen molar-refractivity contribution in [3.63, 3.8) is 0 Å². The van der Waals surface area contributed by atoms with Gasteiger partial charge in [-0.15, -0.1) is 0 Å². The maximum absolute atomic E-state index is 11.8. The molecule has 1 aliphatic rings. The average Bonchev–Trinajstić information content (AvgIpc) is 2.53. The van der Waals surface area contributed by atoms with Gasteiger partial charge in [-0.1, -0.05) is 24.3 Å². The van der Waals surface area contributed by atoms with Crippen LogP contribution < -0.4 is 11.1 Å². The molecule has 0 aromatic heterocycles. The highest BCUT2D eigenvalue weighted by atomic mass is 16.6. The van der Waals surface area contributed by atoms with E-state index in [0.717, 1.165) is 12.0 Å². The molecule has 18 heavy (non-hydrogen) atoms. The normalized spacial score (nSPS) is 22.4. The number of rotatable bonds is 1. The number of carbonyl (C=O) groups is 1. The number of ether oxygens (including phenoxy) is 1. The second-order valence-electron chi connectivity index (χ2n) is 5.77. The molecule has 4 nitrogen and oxygen atoms in total. The molecule has 0 fully saturated rings. The molecule has 0 bridgehead atoms. The van der Waals surface area contributed by atoms with Gasteiger partial charge in [-0.05, 0) is 38.3 Å². The van der Waals surface area contributed by atoms with Gasteiger partial charge in [0.25, 0.3) is 0 Å². The smallest absolute Gasteiger partial charge is 0.408 e. The zero-order chi connectivity index (χ0) is 13.3. The Hall–Kier alpha value is -1.55. The fourth-order valence-corrected chi connectivity index (χ4v) is 2.19. The quantitative estimate of drug-likeness (QED) is 0.800. The van der Waals surface area contributed by atoms with Gasteiger partial charge in [-0.25, -0.2) is 4.79 Å². The third kappa shape index (κ3) is 2.82. The molecular formula is C14H20N2O2. The van der Waals surface area contributed by atoms with Crippen LogP contribution in [0.3, 0.4) is 0 Å². The molecule has 1 aliphatic carbocycles. The van der Waals surface area contributed by atoms with Crippen molar-refractivity contribution in [2.24, 2.45) is 5.73 Å². The molecule has 0 unspecified atom stereocenters. The lowest BCUT2D eigenvalue weighted by atomic mass is 10.1. The minimum atomic E-state index is -0.417. The Labute approximate surface area is 108 Å². The highest BCUT2D eigenvalue weighted by Crippen LogP contribution is 2.33. The molecule has 98 valence electrons. The number of amides is 1. The Bertz CT molecular complexity index is 451. The van der Waals surface area contributed by atoms with Crippen molar-refractivity contribution >= 4 is 6.09 Å². The van der Waals surface area contributed by atoms with Gasteiger partial charge >= 0.3 is 6.09 Å². The van der Waals surface area contributed by atoms with Crippen molar-refractivity contribution in [1.29, 1.82) is 0 Å². The van der Waals surface area contributed by atoms with E-state index in [4.69, 9.17) is 10.5 Å². The summed E-state index contributed by atoms with van der Waals surface area (Å²) in [6.07, 6.45) is -0.00731. The topological polar surface area (TPSA) is 64.3 Å². The van der Waals surface area contributed by atoms with Crippen molar-refractivity contribution in [3.8, 4) is 0 Å². The van der Waals surface area contributed by atoms with Gasteiger partial charge in [0, 0.05) is 5.54 Å². The van der Waals surface area contributed by atoms with Gasteiger partial charge < -0.3 is 15.8 Å². The molecule has 1 aromatic carbocycles. The summed E-state index contributed by atoms with van der Waals surface area (Å²) >= 11 is 0. The molecule has 2 rings (SSSR count). The number of alkyl carbamates (subject to hydrolysis) is 1. The summed E-state index contributed by atoms with van der Waals surface area (Å²) < 4.78 is 5.45. The van der Waals surface area contributed by atoms with E-state index in [-0.39, 0.29) is 17.7 Å². The first kappa shape index (κ1) is 12.9. The summed E-state index contributed by atoms with van der Waals surface area (Å²) in [5, 5.41) is 2.78. The maximum atomic E-state index is 11.8. The van der Waals surface area contributed by atoms with E-state index in [2.05, 4.69) is 5.32 Å². The van der Waals surface area contributed by atoms with Gasteiger partial charge in [0.1, 0.15) is 6.10 Å². The Kier molecular flexibility index (Phi) is 3.30. The van der Waals surface area contributed by atoms with Crippen LogP contribution in [0.25, 0.3) is 0 Å². The van der Waals surface area contributed by atoms with E-state index in [1.807, 2.05) is 45.0 Å². The first-order valence-corrected chi connectivity index (χ1v) is 6.19. The van der Waals surface area contributed by atoms with E-state index in [1.165, 1.54) is 5.56 Å². The van der Waals surface area contributed by atoms with Crippen molar-refractivity contribution in [2.45, 2.75) is 44.9 Å². The molecular weight excluding hydrogens is 228 g/mol. The van der Waals surface area contributed by atoms with Crippen LogP contribution in [0.4, 0.5) is 4.79 Å². The number of nitrogens with one attached hydrogen (secondary N) is 1. The molecule has 0 spiro atoms. The maximum Gasteiger partial charge on any atom is 0.408 e. The second kappa shape index (κ2) is 4.61. The van der Waals surface area contributed by atoms with Gasteiger partial charge in [0.05, 0.1) is 6.04 Å². The van der Waals surface area contributed by atoms with Gasteiger partial charge in [0.2, 0.25) is 0 Å². The number of benzene rings is 1. The molecule has 1 aromatic rings. The molecule has 1 amide bonds. The van der Waals surface area contributed by atoms with Crippen LogP contribution >= 0.6 is 0 Å². The summed E-state index contributed by atoms with van der Waals surface area (Å²) in [5.74, 6) is 0. The summed E-state index contributed by atoms with van der Waals surface area (Å²) in [6.45, 7) is 5.74. The Balaban J connectivity index is 2.08. The Morgan fingerprint density at radius 2 is 2.06 bits per heavy atom. The van der Waals surface area contributed by atoms with Crippen LogP contribution in [0.15, 0.2) is 24.3 Å². The third-order valence-corrected chi connectivity index (χ3v) is 2.92. The fourth-order valence-electron chi connectivity index (χ4n) is 2.19. The molecule has 0 aliphatic heterocycles. The summed E-state index contributed by atoms with van der Waals surface area (Å²) in [7, 11) is 0. The standard InChI is InChI=1S/C14H20N2O2/c1-14(2,3)16-13(17)18-12-10-7-5-4-6-9(10)8-11(12)15/h4-7,11-12H,8,15H2,1-3H3,(H,16,17)/t11-,12-/m1/s1. The number of carbonyl (C=O) groups excluding carboxylic acids is 1. The summed E-state index contributed by atoms with van der Waals surface area (Å²) in [4.78, 5) is 11.8. The zero-order valence-corrected chi connectivity index (χ0v) is 11.1. The highest BCUT2D eigenvalue weighted by Gasteiger charge is 2.33. The lowest BCUT2D eigenvalue weighted by Crippen LogP contribution is -2.42. The molecule has 0 saturated heterocycles. The van der Waals surface area contributed by atoms with Crippen molar-refractivity contribution in [1.82, 2.24) is 5.32 Å². The minimum absolute atomic E-state index is 0.159. The summed E-state index contributed by atoms with van der Waals surface area (Å²) in [5.41, 5.74) is 7.92. The SMILES string of the molecule is CC(C)(C)NC(=O)O[C@@H]1c2ccccc2C[C@H]1N. The lowest BCUT2D eigenvalue weighted by Gasteiger charge is -2.23. The lowest BCUT2D eigenvalue weighted by molar-refractivity contribution is 0.0828. The first-order valence-electron chi connectivity index (χ1n) is 6.19. The number of nitrogens with two attached hydrogens (primary N) is 1. The van der Waals surface area contributed by atoms with Crippen LogP contribution in [0.2, 0.25) is 0 Å². The van der Waals surface area contributed by atoms with Crippen LogP contribution in [0, 0.1) is 0 Å². The molecule has 4 heteroatoms. The molecule has 0 radical (unpaired) electrons. The van der Waals surface area contributed by atoms with E-state index in [9.17, 15) is 4.79 Å². The summed E-state index contributed by atoms with van der Waals surface area (Å²) in [6, 6.07) is 7.75. The van der Waals surface area contributed by atoms with Gasteiger partial charge in [-0.2, -0.15) is 0 Å². The van der Waals surface area contributed by atoms with Crippen LogP contribution in [0.1, 0.15) is 38.0 Å². The molecule has 0 saturated carbocycles. The number of hydrogen-bond acceptors (Lipinski definition) is 3. The zero-order valence-electron chi connectivity index (χ0n) is 11.1. The van der Waals surface area contributed by atoms with Crippen LogP contribution in [-0.2, 0) is 11.2 Å². The molecule has 2 atom stereocenters. The number of fused-ring (bicyclic) bond motifs is 1. The monoisotopic (exact) mass is 248 g/mol. The van der Waals surface area contributed by atoms with E-state index >= 15 is 0 Å². The van der Waals surface area contributed by atoms with Gasteiger partial charge in [-0.3, -0.25) is 0 Å². The van der Waals surface area contributed by atoms with Crippen molar-refractivity contribution in [3.05, 3.63) is 35.4 Å². The number of hydrogen-bond donors (Lipinski definition) is 2. The minimum Gasteiger partial charge on any atom is -0.440 e. The first-order chi connectivity index (χ1) is 8.37. The van der Waals surface area contributed by atoms with E-state index in [0.29, 0.717) is 0 Å². The molecule has 3 N–H and O–H groups in total.